The Hall–Kier alpha value is -3.72. The van der Waals surface area contributed by atoms with Gasteiger partial charge in [-0.2, -0.15) is 0 Å². The van der Waals surface area contributed by atoms with E-state index in [4.69, 9.17) is 11.5 Å². The lowest BCUT2D eigenvalue weighted by Gasteiger charge is -2.14. The second-order valence-electron chi connectivity index (χ2n) is 6.35. The summed E-state index contributed by atoms with van der Waals surface area (Å²) in [5.74, 6) is 3.27. The molecule has 27 heavy (non-hydrogen) atoms. The molecular weight excluding hydrogens is 338 g/mol. The number of aryl methyl sites for hydroxylation is 1. The summed E-state index contributed by atoms with van der Waals surface area (Å²) in [6.07, 6.45) is 0.842. The number of aromatic amines is 1. The van der Waals surface area contributed by atoms with Crippen LogP contribution in [0.4, 0.5) is 5.69 Å². The summed E-state index contributed by atoms with van der Waals surface area (Å²) in [6.45, 7) is 2.65. The van der Waals surface area contributed by atoms with Crippen molar-refractivity contribution in [3.8, 4) is 23.4 Å². The van der Waals surface area contributed by atoms with E-state index in [2.05, 4.69) is 21.9 Å². The first-order chi connectivity index (χ1) is 13.1. The van der Waals surface area contributed by atoms with Gasteiger partial charge in [-0.05, 0) is 36.6 Å². The molecule has 2 aromatic heterocycles. The number of H-pyrrole nitrogens is 1. The number of nitrogens with zero attached hydrogens (tertiary/aromatic N) is 2. The largest absolute Gasteiger partial charge is 0.397 e. The predicted molar refractivity (Wildman–Crippen MR) is 109 cm³/mol. The highest BCUT2D eigenvalue weighted by molar-refractivity contribution is 5.98. The highest BCUT2D eigenvalue weighted by atomic mass is 16.1. The number of hydrogen-bond donors (Lipinski definition) is 3. The van der Waals surface area contributed by atoms with Gasteiger partial charge in [-0.1, -0.05) is 25.1 Å². The molecule has 0 bridgehead atoms. The minimum Gasteiger partial charge on any atom is -0.397 e. The zero-order valence-corrected chi connectivity index (χ0v) is 14.9. The van der Waals surface area contributed by atoms with Crippen molar-refractivity contribution in [2.24, 2.45) is 5.73 Å². The Morgan fingerprint density at radius 3 is 2.81 bits per heavy atom. The summed E-state index contributed by atoms with van der Waals surface area (Å²) in [5.41, 5.74) is 15.5. The third-order valence-corrected chi connectivity index (χ3v) is 4.60. The second kappa shape index (κ2) is 6.54. The Labute approximate surface area is 155 Å². The number of aromatic nitrogens is 3. The smallest absolute Gasteiger partial charge is 0.264 e. The van der Waals surface area contributed by atoms with Crippen LogP contribution in [0.25, 0.3) is 33.3 Å². The van der Waals surface area contributed by atoms with Crippen molar-refractivity contribution in [1.29, 1.82) is 0 Å². The van der Waals surface area contributed by atoms with Crippen LogP contribution in [-0.2, 0) is 6.54 Å². The van der Waals surface area contributed by atoms with E-state index in [0.717, 1.165) is 33.9 Å². The number of anilines is 1. The average Bonchev–Trinajstić information content (AvgIpc) is 3.08. The molecule has 0 aliphatic carbocycles. The molecular formula is C21H19N5O. The number of benzene rings is 2. The van der Waals surface area contributed by atoms with Crippen LogP contribution >= 0.6 is 0 Å². The maximum absolute atomic E-state index is 13.2. The number of hydrogen-bond acceptors (Lipinski definition) is 4. The summed E-state index contributed by atoms with van der Waals surface area (Å²) < 4.78 is 1.76. The molecule has 6 nitrogen and oxygen atoms in total. The van der Waals surface area contributed by atoms with Gasteiger partial charge in [0.2, 0.25) is 0 Å². The average molecular weight is 357 g/mol. The standard InChI is InChI=1S/C21H19N5O/c1-2-11-26-17-6-4-3-5-14(17)19(23)18(21(26)27)20-24-15-8-7-13(9-10-22)12-16(15)25-20/h3-8,12H,2,11,22-23H2,1H3,(H,24,25). The van der Waals surface area contributed by atoms with Crippen molar-refractivity contribution in [3.05, 3.63) is 58.4 Å². The van der Waals surface area contributed by atoms with Gasteiger partial charge in [0.15, 0.2) is 0 Å². The molecule has 0 unspecified atom stereocenters. The van der Waals surface area contributed by atoms with Crippen molar-refractivity contribution >= 4 is 27.6 Å². The molecule has 6 heteroatoms. The molecule has 2 heterocycles. The Balaban J connectivity index is 2.02. The Bertz CT molecular complexity index is 1290. The third kappa shape index (κ3) is 2.70. The topological polar surface area (TPSA) is 103 Å². The van der Waals surface area contributed by atoms with Gasteiger partial charge in [-0.15, -0.1) is 0 Å². The van der Waals surface area contributed by atoms with Gasteiger partial charge in [-0.3, -0.25) is 4.79 Å². The quantitative estimate of drug-likeness (QED) is 0.387. The molecule has 0 saturated heterocycles. The predicted octanol–water partition coefficient (Wildman–Crippen LogP) is 2.80. The van der Waals surface area contributed by atoms with E-state index in [-0.39, 0.29) is 5.56 Å². The maximum atomic E-state index is 13.2. The summed E-state index contributed by atoms with van der Waals surface area (Å²) in [6, 6.07) is 15.6. The van der Waals surface area contributed by atoms with Gasteiger partial charge in [-0.25, -0.2) is 4.98 Å². The van der Waals surface area contributed by atoms with Gasteiger partial charge >= 0.3 is 0 Å². The Kier molecular flexibility index (Phi) is 4.05. The highest BCUT2D eigenvalue weighted by Crippen LogP contribution is 2.29. The van der Waals surface area contributed by atoms with Gasteiger partial charge in [0.1, 0.15) is 11.4 Å². The fourth-order valence-corrected chi connectivity index (χ4v) is 3.39. The van der Waals surface area contributed by atoms with Crippen LogP contribution in [-0.4, -0.2) is 14.5 Å². The molecule has 0 fully saturated rings. The van der Waals surface area contributed by atoms with Crippen LogP contribution in [0.3, 0.4) is 0 Å². The molecule has 0 amide bonds. The summed E-state index contributed by atoms with van der Waals surface area (Å²) in [7, 11) is 0. The van der Waals surface area contributed by atoms with Gasteiger partial charge in [0, 0.05) is 23.5 Å². The van der Waals surface area contributed by atoms with Gasteiger partial charge in [0.05, 0.1) is 22.2 Å². The third-order valence-electron chi connectivity index (χ3n) is 4.60. The Morgan fingerprint density at radius 2 is 2.04 bits per heavy atom. The van der Waals surface area contributed by atoms with E-state index in [0.29, 0.717) is 23.6 Å². The van der Waals surface area contributed by atoms with Crippen LogP contribution in [0.1, 0.15) is 18.9 Å². The molecule has 4 aromatic rings. The summed E-state index contributed by atoms with van der Waals surface area (Å²) in [5, 5.41) is 0.843. The minimum absolute atomic E-state index is 0.144. The summed E-state index contributed by atoms with van der Waals surface area (Å²) >= 11 is 0. The summed E-state index contributed by atoms with van der Waals surface area (Å²) in [4.78, 5) is 21.0. The monoisotopic (exact) mass is 357 g/mol. The van der Waals surface area contributed by atoms with Crippen molar-refractivity contribution in [3.63, 3.8) is 0 Å². The molecule has 0 atom stereocenters. The number of nitrogen functional groups attached to an aromatic ring is 1. The lowest BCUT2D eigenvalue weighted by Crippen LogP contribution is -2.24. The molecule has 0 aliphatic heterocycles. The van der Waals surface area contributed by atoms with Crippen molar-refractivity contribution in [2.45, 2.75) is 19.9 Å². The Morgan fingerprint density at radius 1 is 1.22 bits per heavy atom. The first kappa shape index (κ1) is 16.7. The van der Waals surface area contributed by atoms with E-state index in [1.165, 1.54) is 0 Å². The number of nitrogens with one attached hydrogen (secondary N) is 1. The number of nitrogens with two attached hydrogens (primary N) is 2. The first-order valence-corrected chi connectivity index (χ1v) is 8.76. The van der Waals surface area contributed by atoms with E-state index >= 15 is 0 Å². The zero-order chi connectivity index (χ0) is 19.0. The van der Waals surface area contributed by atoms with Crippen molar-refractivity contribution < 1.29 is 0 Å². The molecule has 134 valence electrons. The number of para-hydroxylation sites is 1. The first-order valence-electron chi connectivity index (χ1n) is 8.76. The van der Waals surface area contributed by atoms with Gasteiger partial charge in [0.25, 0.3) is 5.56 Å². The fourth-order valence-electron chi connectivity index (χ4n) is 3.39. The zero-order valence-electron chi connectivity index (χ0n) is 14.9. The lowest BCUT2D eigenvalue weighted by molar-refractivity contribution is 0.679. The molecule has 0 saturated carbocycles. The van der Waals surface area contributed by atoms with Crippen LogP contribution < -0.4 is 17.0 Å². The number of rotatable bonds is 3. The van der Waals surface area contributed by atoms with E-state index in [1.807, 2.05) is 49.4 Å². The highest BCUT2D eigenvalue weighted by Gasteiger charge is 2.18. The molecule has 5 N–H and O–H groups in total. The fraction of sp³-hybridized carbons (Fsp3) is 0.143. The van der Waals surface area contributed by atoms with Crippen LogP contribution in [0.2, 0.25) is 0 Å². The number of pyridine rings is 1. The number of imidazole rings is 1. The van der Waals surface area contributed by atoms with E-state index in [9.17, 15) is 4.79 Å². The molecule has 2 aromatic carbocycles. The van der Waals surface area contributed by atoms with Crippen LogP contribution in [0, 0.1) is 12.0 Å². The lowest BCUT2D eigenvalue weighted by atomic mass is 10.1. The minimum atomic E-state index is -0.144. The van der Waals surface area contributed by atoms with E-state index in [1.54, 1.807) is 4.57 Å². The van der Waals surface area contributed by atoms with Crippen LogP contribution in [0.5, 0.6) is 0 Å². The molecule has 4 rings (SSSR count). The normalized spacial score (nSPS) is 10.9. The second-order valence-corrected chi connectivity index (χ2v) is 6.35. The SMILES string of the molecule is CCCn1c(=O)c(-c2nc3ccc(C#CN)cc3[nH]2)c(N)c2ccccc21. The van der Waals surface area contributed by atoms with Crippen molar-refractivity contribution in [2.75, 3.05) is 5.73 Å². The molecule has 0 radical (unpaired) electrons. The maximum Gasteiger partial charge on any atom is 0.264 e. The van der Waals surface area contributed by atoms with Gasteiger partial charge < -0.3 is 21.0 Å². The van der Waals surface area contributed by atoms with Crippen LogP contribution in [0.15, 0.2) is 47.3 Å². The molecule has 0 aliphatic rings. The van der Waals surface area contributed by atoms with Crippen molar-refractivity contribution in [1.82, 2.24) is 14.5 Å². The number of fused-ring (bicyclic) bond motifs is 2. The van der Waals surface area contributed by atoms with E-state index < -0.39 is 0 Å². The molecule has 0 spiro atoms.